The fraction of sp³-hybridized carbons (Fsp3) is 0.269. The molecule has 5 rings (SSSR count). The van der Waals surface area contributed by atoms with E-state index in [4.69, 9.17) is 9.84 Å². The van der Waals surface area contributed by atoms with Crippen LogP contribution in [0.1, 0.15) is 18.4 Å². The lowest BCUT2D eigenvalue weighted by molar-refractivity contribution is -0.125. The zero-order valence-corrected chi connectivity index (χ0v) is 18.9. The normalized spacial score (nSPS) is 15.9. The molecule has 34 heavy (non-hydrogen) atoms. The number of ether oxygens (including phenoxy) is 1. The van der Waals surface area contributed by atoms with Crippen LogP contribution in [0.2, 0.25) is 0 Å². The number of nitrogens with one attached hydrogen (secondary N) is 1. The van der Waals surface area contributed by atoms with Crippen molar-refractivity contribution in [2.45, 2.75) is 19.4 Å². The average molecular weight is 460 g/mol. The first-order valence-electron chi connectivity index (χ1n) is 11.4. The number of rotatable bonds is 6. The fourth-order valence-corrected chi connectivity index (χ4v) is 4.43. The molecule has 174 valence electrons. The molecular formula is C26H26FN5O2. The molecule has 1 saturated heterocycles. The third-order valence-corrected chi connectivity index (χ3v) is 6.24. The number of anilines is 1. The maximum absolute atomic E-state index is 13.9. The Morgan fingerprint density at radius 3 is 2.94 bits per heavy atom. The number of amides is 1. The number of methoxy groups -OCH3 is 1. The standard InChI is InChI=1S/C26H26FN5O2/c1-34-21-9-4-7-18(14-21)23-15-24-25(28-11-13-32(24)30-23)31-12-5-8-20(17-31)26(33)29-16-19-6-2-3-10-22(19)27/h2-4,6-7,9-11,13-15,20H,5,8,12,16-17H2,1H3,(H,29,33)/t20-/m1/s1. The molecule has 0 aliphatic carbocycles. The van der Waals surface area contributed by atoms with E-state index in [0.29, 0.717) is 12.1 Å². The van der Waals surface area contributed by atoms with E-state index in [1.165, 1.54) is 6.07 Å². The fourth-order valence-electron chi connectivity index (χ4n) is 4.43. The monoisotopic (exact) mass is 459 g/mol. The van der Waals surface area contributed by atoms with E-state index >= 15 is 0 Å². The second-order valence-corrected chi connectivity index (χ2v) is 8.44. The summed E-state index contributed by atoms with van der Waals surface area (Å²) in [6, 6.07) is 16.3. The van der Waals surface area contributed by atoms with Crippen molar-refractivity contribution in [3.8, 4) is 17.0 Å². The van der Waals surface area contributed by atoms with Gasteiger partial charge in [0.25, 0.3) is 0 Å². The van der Waals surface area contributed by atoms with Gasteiger partial charge in [-0.2, -0.15) is 5.10 Å². The van der Waals surface area contributed by atoms with Crippen LogP contribution in [0.15, 0.2) is 67.0 Å². The van der Waals surface area contributed by atoms with Crippen LogP contribution in [-0.4, -0.2) is 40.7 Å². The molecule has 8 heteroatoms. The molecule has 4 aromatic rings. The van der Waals surface area contributed by atoms with Crippen molar-refractivity contribution in [2.75, 3.05) is 25.1 Å². The lowest BCUT2D eigenvalue weighted by atomic mass is 9.97. The Labute approximate surface area is 197 Å². The molecule has 1 N–H and O–H groups in total. The van der Waals surface area contributed by atoms with E-state index in [1.54, 1.807) is 31.5 Å². The van der Waals surface area contributed by atoms with Crippen LogP contribution in [0.4, 0.5) is 10.2 Å². The number of carbonyl (C=O) groups excluding carboxylic acids is 1. The molecule has 3 heterocycles. The molecule has 1 aliphatic heterocycles. The lowest BCUT2D eigenvalue weighted by Crippen LogP contribution is -2.43. The van der Waals surface area contributed by atoms with Gasteiger partial charge in [-0.1, -0.05) is 30.3 Å². The molecule has 0 bridgehead atoms. The number of halogens is 1. The van der Waals surface area contributed by atoms with E-state index in [2.05, 4.69) is 15.2 Å². The van der Waals surface area contributed by atoms with Crippen LogP contribution >= 0.6 is 0 Å². The molecule has 2 aromatic carbocycles. The van der Waals surface area contributed by atoms with E-state index < -0.39 is 0 Å². The molecule has 0 unspecified atom stereocenters. The Kier molecular flexibility index (Phi) is 6.12. The van der Waals surface area contributed by atoms with Crippen molar-refractivity contribution < 1.29 is 13.9 Å². The summed E-state index contributed by atoms with van der Waals surface area (Å²) < 4.78 is 21.1. The molecule has 0 radical (unpaired) electrons. The highest BCUT2D eigenvalue weighted by Crippen LogP contribution is 2.29. The molecule has 1 fully saturated rings. The number of hydrogen-bond donors (Lipinski definition) is 1. The van der Waals surface area contributed by atoms with Gasteiger partial charge >= 0.3 is 0 Å². The minimum Gasteiger partial charge on any atom is -0.497 e. The Hall–Kier alpha value is -3.94. The van der Waals surface area contributed by atoms with Crippen LogP contribution in [0.25, 0.3) is 16.8 Å². The van der Waals surface area contributed by atoms with Gasteiger partial charge in [-0.3, -0.25) is 4.79 Å². The first-order chi connectivity index (χ1) is 16.6. The van der Waals surface area contributed by atoms with Crippen molar-refractivity contribution in [2.24, 2.45) is 5.92 Å². The summed E-state index contributed by atoms with van der Waals surface area (Å²) >= 11 is 0. The van der Waals surface area contributed by atoms with Crippen LogP contribution in [0, 0.1) is 11.7 Å². The third kappa shape index (κ3) is 4.44. The van der Waals surface area contributed by atoms with Crippen LogP contribution in [0.3, 0.4) is 0 Å². The Morgan fingerprint density at radius 2 is 2.09 bits per heavy atom. The molecule has 0 spiro atoms. The second kappa shape index (κ2) is 9.51. The number of carbonyl (C=O) groups is 1. The molecular weight excluding hydrogens is 433 g/mol. The highest BCUT2D eigenvalue weighted by atomic mass is 19.1. The summed E-state index contributed by atoms with van der Waals surface area (Å²) in [6.07, 6.45) is 5.21. The summed E-state index contributed by atoms with van der Waals surface area (Å²) in [6.45, 7) is 1.54. The first-order valence-corrected chi connectivity index (χ1v) is 11.4. The topological polar surface area (TPSA) is 71.8 Å². The van der Waals surface area contributed by atoms with E-state index in [9.17, 15) is 9.18 Å². The van der Waals surface area contributed by atoms with Crippen molar-refractivity contribution in [1.82, 2.24) is 19.9 Å². The summed E-state index contributed by atoms with van der Waals surface area (Å²) in [7, 11) is 1.64. The number of benzene rings is 2. The van der Waals surface area contributed by atoms with Gasteiger partial charge in [-0.25, -0.2) is 13.9 Å². The average Bonchev–Trinajstić information content (AvgIpc) is 3.33. The van der Waals surface area contributed by atoms with Crippen molar-refractivity contribution in [1.29, 1.82) is 0 Å². The highest BCUT2D eigenvalue weighted by molar-refractivity contribution is 5.81. The van der Waals surface area contributed by atoms with Gasteiger partial charge in [0.15, 0.2) is 5.82 Å². The third-order valence-electron chi connectivity index (χ3n) is 6.24. The molecule has 1 aliphatic rings. The van der Waals surface area contributed by atoms with Gasteiger partial charge in [0.2, 0.25) is 5.91 Å². The van der Waals surface area contributed by atoms with Gasteiger partial charge in [-0.15, -0.1) is 0 Å². The van der Waals surface area contributed by atoms with Crippen LogP contribution < -0.4 is 15.0 Å². The van der Waals surface area contributed by atoms with Crippen molar-refractivity contribution >= 4 is 17.2 Å². The number of piperidine rings is 1. The molecule has 0 saturated carbocycles. The van der Waals surface area contributed by atoms with Gasteiger partial charge in [0.1, 0.15) is 17.1 Å². The van der Waals surface area contributed by atoms with Gasteiger partial charge in [0, 0.05) is 43.2 Å². The Bertz CT molecular complexity index is 1320. The summed E-state index contributed by atoms with van der Waals surface area (Å²) in [5.41, 5.74) is 3.15. The van der Waals surface area contributed by atoms with Crippen LogP contribution in [-0.2, 0) is 11.3 Å². The summed E-state index contributed by atoms with van der Waals surface area (Å²) in [5.74, 6) is 1.01. The predicted octanol–water partition coefficient (Wildman–Crippen LogP) is 4.08. The summed E-state index contributed by atoms with van der Waals surface area (Å²) in [5, 5.41) is 7.62. The molecule has 1 atom stereocenters. The molecule has 1 amide bonds. The number of hydrogen-bond acceptors (Lipinski definition) is 5. The quantitative estimate of drug-likeness (QED) is 0.471. The number of aromatic nitrogens is 3. The van der Waals surface area contributed by atoms with Crippen molar-refractivity contribution in [3.63, 3.8) is 0 Å². The largest absolute Gasteiger partial charge is 0.497 e. The highest BCUT2D eigenvalue weighted by Gasteiger charge is 2.28. The number of fused-ring (bicyclic) bond motifs is 1. The van der Waals surface area contributed by atoms with E-state index in [-0.39, 0.29) is 24.2 Å². The van der Waals surface area contributed by atoms with Gasteiger partial charge in [0.05, 0.1) is 18.7 Å². The zero-order chi connectivity index (χ0) is 23.5. The maximum Gasteiger partial charge on any atom is 0.225 e. The second-order valence-electron chi connectivity index (χ2n) is 8.44. The van der Waals surface area contributed by atoms with Gasteiger partial charge < -0.3 is 15.0 Å². The number of nitrogens with zero attached hydrogens (tertiary/aromatic N) is 4. The Morgan fingerprint density at radius 1 is 1.21 bits per heavy atom. The van der Waals surface area contributed by atoms with Gasteiger partial charge in [-0.05, 0) is 37.1 Å². The molecule has 7 nitrogen and oxygen atoms in total. The minimum absolute atomic E-state index is 0.0644. The lowest BCUT2D eigenvalue weighted by Gasteiger charge is -2.33. The van der Waals surface area contributed by atoms with E-state index in [1.807, 2.05) is 41.0 Å². The molecule has 2 aromatic heterocycles. The Balaban J connectivity index is 1.34. The van der Waals surface area contributed by atoms with Crippen molar-refractivity contribution in [3.05, 3.63) is 78.4 Å². The summed E-state index contributed by atoms with van der Waals surface area (Å²) in [4.78, 5) is 19.6. The first kappa shape index (κ1) is 21.9. The van der Waals surface area contributed by atoms with Crippen LogP contribution in [0.5, 0.6) is 5.75 Å². The van der Waals surface area contributed by atoms with E-state index in [0.717, 1.165) is 47.7 Å². The smallest absolute Gasteiger partial charge is 0.225 e. The predicted molar refractivity (Wildman–Crippen MR) is 128 cm³/mol. The maximum atomic E-state index is 13.9. The minimum atomic E-state index is -0.309. The zero-order valence-electron chi connectivity index (χ0n) is 18.9. The SMILES string of the molecule is COc1cccc(-c2cc3c(N4CCC[C@@H](C(=O)NCc5ccccc5F)C4)nccn3n2)c1.